The lowest BCUT2D eigenvalue weighted by Crippen LogP contribution is -2.13. The van der Waals surface area contributed by atoms with Crippen LogP contribution in [0.3, 0.4) is 0 Å². The fraction of sp³-hybridized carbons (Fsp3) is 0.333. The Hall–Kier alpha value is -2.24. The van der Waals surface area contributed by atoms with E-state index in [-0.39, 0.29) is 11.5 Å². The van der Waals surface area contributed by atoms with Crippen LogP contribution in [0, 0.1) is 10.1 Å². The standard InChI is InChI=1S/C12H13N3O3/c16-12(9-13-14-7-1-2-8-14)10-3-5-11(6-4-10)15(17)18/h3-6,9H,1-2,7-8H2/b13-9-. The van der Waals surface area contributed by atoms with Gasteiger partial charge in [-0.2, -0.15) is 5.10 Å². The Morgan fingerprint density at radius 2 is 1.89 bits per heavy atom. The summed E-state index contributed by atoms with van der Waals surface area (Å²) in [6.07, 6.45) is 3.47. The second kappa shape index (κ2) is 5.39. The first kappa shape index (κ1) is 12.2. The molecule has 18 heavy (non-hydrogen) atoms. The van der Waals surface area contributed by atoms with E-state index in [1.54, 1.807) is 0 Å². The first-order valence-electron chi connectivity index (χ1n) is 5.74. The molecule has 0 amide bonds. The molecule has 1 heterocycles. The van der Waals surface area contributed by atoms with Crippen molar-refractivity contribution in [1.29, 1.82) is 0 Å². The minimum absolute atomic E-state index is 0.0250. The second-order valence-corrected chi connectivity index (χ2v) is 4.07. The average molecular weight is 247 g/mol. The fourth-order valence-electron chi connectivity index (χ4n) is 1.77. The number of non-ortho nitro benzene ring substituents is 1. The molecule has 0 aromatic heterocycles. The molecule has 0 radical (unpaired) electrons. The van der Waals surface area contributed by atoms with Crippen LogP contribution in [0.4, 0.5) is 5.69 Å². The van der Waals surface area contributed by atoms with E-state index in [2.05, 4.69) is 5.10 Å². The molecular weight excluding hydrogens is 234 g/mol. The highest BCUT2D eigenvalue weighted by Gasteiger charge is 2.10. The molecule has 0 aliphatic carbocycles. The smallest absolute Gasteiger partial charge is 0.269 e. The summed E-state index contributed by atoms with van der Waals surface area (Å²) in [5.74, 6) is -0.239. The zero-order chi connectivity index (χ0) is 13.0. The largest absolute Gasteiger partial charge is 0.297 e. The van der Waals surface area contributed by atoms with Crippen LogP contribution in [0.5, 0.6) is 0 Å². The normalized spacial score (nSPS) is 15.2. The average Bonchev–Trinajstić information content (AvgIpc) is 2.89. The van der Waals surface area contributed by atoms with E-state index in [0.717, 1.165) is 25.9 Å². The highest BCUT2D eigenvalue weighted by molar-refractivity contribution is 6.35. The van der Waals surface area contributed by atoms with Gasteiger partial charge in [-0.3, -0.25) is 19.9 Å². The number of carbonyl (C=O) groups excluding carboxylic acids is 1. The Balaban J connectivity index is 2.02. The lowest BCUT2D eigenvalue weighted by Gasteiger charge is -2.08. The van der Waals surface area contributed by atoms with Crippen molar-refractivity contribution in [3.05, 3.63) is 39.9 Å². The van der Waals surface area contributed by atoms with E-state index < -0.39 is 4.92 Å². The minimum Gasteiger partial charge on any atom is -0.297 e. The molecule has 0 bridgehead atoms. The molecule has 1 aromatic carbocycles. The number of nitro groups is 1. The number of rotatable bonds is 4. The van der Waals surface area contributed by atoms with Gasteiger partial charge in [-0.15, -0.1) is 0 Å². The SMILES string of the molecule is O=C(/C=N\N1CCCC1)c1ccc([N+](=O)[O-])cc1. The molecule has 0 unspecified atom stereocenters. The van der Waals surface area contributed by atoms with E-state index in [1.807, 2.05) is 5.01 Å². The molecule has 0 spiro atoms. The quantitative estimate of drug-likeness (QED) is 0.352. The van der Waals surface area contributed by atoms with Crippen LogP contribution in [0.1, 0.15) is 23.2 Å². The van der Waals surface area contributed by atoms with Crippen molar-refractivity contribution in [2.75, 3.05) is 13.1 Å². The molecule has 1 saturated heterocycles. The molecule has 1 aromatic rings. The molecule has 0 saturated carbocycles. The number of Topliss-reactive ketones (excluding diaryl/α,β-unsaturated/α-hetero) is 1. The van der Waals surface area contributed by atoms with Gasteiger partial charge in [0.15, 0.2) is 0 Å². The predicted molar refractivity (Wildman–Crippen MR) is 66.7 cm³/mol. The molecule has 0 N–H and O–H groups in total. The lowest BCUT2D eigenvalue weighted by molar-refractivity contribution is -0.384. The zero-order valence-electron chi connectivity index (χ0n) is 9.78. The number of hydrazone groups is 1. The van der Waals surface area contributed by atoms with E-state index in [0.29, 0.717) is 5.56 Å². The Bertz CT molecular complexity index is 476. The molecule has 1 aliphatic heterocycles. The summed E-state index contributed by atoms with van der Waals surface area (Å²) in [7, 11) is 0. The van der Waals surface area contributed by atoms with Gasteiger partial charge in [-0.25, -0.2) is 0 Å². The summed E-state index contributed by atoms with van der Waals surface area (Å²) in [5.41, 5.74) is 0.381. The maximum absolute atomic E-state index is 11.7. The van der Waals surface area contributed by atoms with E-state index in [1.165, 1.54) is 30.5 Å². The summed E-state index contributed by atoms with van der Waals surface area (Å²) >= 11 is 0. The van der Waals surface area contributed by atoms with Gasteiger partial charge in [-0.05, 0) is 25.0 Å². The monoisotopic (exact) mass is 247 g/mol. The van der Waals surface area contributed by atoms with Gasteiger partial charge < -0.3 is 0 Å². The predicted octanol–water partition coefficient (Wildman–Crippen LogP) is 1.86. The van der Waals surface area contributed by atoms with Crippen molar-refractivity contribution in [3.8, 4) is 0 Å². The number of nitrogens with zero attached hydrogens (tertiary/aromatic N) is 3. The van der Waals surface area contributed by atoms with Gasteiger partial charge in [0.2, 0.25) is 5.78 Å². The van der Waals surface area contributed by atoms with Gasteiger partial charge in [0, 0.05) is 30.8 Å². The number of benzene rings is 1. The molecule has 94 valence electrons. The van der Waals surface area contributed by atoms with Crippen molar-refractivity contribution in [1.82, 2.24) is 5.01 Å². The summed E-state index contributed by atoms with van der Waals surface area (Å²) < 4.78 is 0. The fourth-order valence-corrected chi connectivity index (χ4v) is 1.77. The molecule has 6 heteroatoms. The van der Waals surface area contributed by atoms with Crippen LogP contribution in [0.15, 0.2) is 29.4 Å². The summed E-state index contributed by atoms with van der Waals surface area (Å²) in [6, 6.07) is 5.51. The van der Waals surface area contributed by atoms with E-state index in [9.17, 15) is 14.9 Å². The van der Waals surface area contributed by atoms with Crippen LogP contribution in [-0.4, -0.2) is 35.0 Å². The molecular formula is C12H13N3O3. The van der Waals surface area contributed by atoms with Crippen LogP contribution >= 0.6 is 0 Å². The number of ketones is 1. The Morgan fingerprint density at radius 3 is 2.44 bits per heavy atom. The Labute approximate surface area is 104 Å². The van der Waals surface area contributed by atoms with Crippen molar-refractivity contribution in [2.45, 2.75) is 12.8 Å². The van der Waals surface area contributed by atoms with Gasteiger partial charge in [0.25, 0.3) is 5.69 Å². The lowest BCUT2D eigenvalue weighted by atomic mass is 10.1. The van der Waals surface area contributed by atoms with Crippen LogP contribution in [0.25, 0.3) is 0 Å². The van der Waals surface area contributed by atoms with Gasteiger partial charge in [-0.1, -0.05) is 0 Å². The maximum Gasteiger partial charge on any atom is 0.269 e. The minimum atomic E-state index is -0.493. The highest BCUT2D eigenvalue weighted by atomic mass is 16.6. The Kier molecular flexibility index (Phi) is 3.66. The number of hydrogen-bond acceptors (Lipinski definition) is 5. The van der Waals surface area contributed by atoms with Crippen molar-refractivity contribution >= 4 is 17.7 Å². The molecule has 1 aliphatic rings. The van der Waals surface area contributed by atoms with Gasteiger partial charge >= 0.3 is 0 Å². The zero-order valence-corrected chi connectivity index (χ0v) is 9.78. The van der Waals surface area contributed by atoms with Crippen LogP contribution in [-0.2, 0) is 0 Å². The molecule has 2 rings (SSSR count). The number of hydrogen-bond donors (Lipinski definition) is 0. The van der Waals surface area contributed by atoms with Crippen molar-refractivity contribution < 1.29 is 9.72 Å². The summed E-state index contributed by atoms with van der Waals surface area (Å²) in [6.45, 7) is 1.76. The summed E-state index contributed by atoms with van der Waals surface area (Å²) in [5, 5.41) is 16.4. The van der Waals surface area contributed by atoms with Crippen LogP contribution < -0.4 is 0 Å². The second-order valence-electron chi connectivity index (χ2n) is 4.07. The third-order valence-electron chi connectivity index (χ3n) is 2.78. The third kappa shape index (κ3) is 2.91. The van der Waals surface area contributed by atoms with Gasteiger partial charge in [0.1, 0.15) is 0 Å². The van der Waals surface area contributed by atoms with E-state index in [4.69, 9.17) is 0 Å². The Morgan fingerprint density at radius 1 is 1.28 bits per heavy atom. The summed E-state index contributed by atoms with van der Waals surface area (Å²) in [4.78, 5) is 21.7. The third-order valence-corrected chi connectivity index (χ3v) is 2.78. The molecule has 6 nitrogen and oxygen atoms in total. The highest BCUT2D eigenvalue weighted by Crippen LogP contribution is 2.12. The maximum atomic E-state index is 11.7. The molecule has 0 atom stereocenters. The number of nitro benzene ring substituents is 1. The van der Waals surface area contributed by atoms with Crippen LogP contribution in [0.2, 0.25) is 0 Å². The van der Waals surface area contributed by atoms with Crippen molar-refractivity contribution in [2.24, 2.45) is 5.10 Å². The molecule has 1 fully saturated rings. The van der Waals surface area contributed by atoms with Gasteiger partial charge in [0.05, 0.1) is 11.1 Å². The topological polar surface area (TPSA) is 75.8 Å². The van der Waals surface area contributed by atoms with Crippen molar-refractivity contribution in [3.63, 3.8) is 0 Å². The first-order valence-corrected chi connectivity index (χ1v) is 5.74. The van der Waals surface area contributed by atoms with E-state index >= 15 is 0 Å². The number of carbonyl (C=O) groups is 1. The first-order chi connectivity index (χ1) is 8.66.